The maximum absolute atomic E-state index is 6.47. The molecule has 0 spiro atoms. The summed E-state index contributed by atoms with van der Waals surface area (Å²) < 4.78 is 12.9. The van der Waals surface area contributed by atoms with Gasteiger partial charge in [0.15, 0.2) is 23.0 Å². The summed E-state index contributed by atoms with van der Waals surface area (Å²) in [5.41, 5.74) is 18.9. The quantitative estimate of drug-likeness (QED) is 0.166. The number of nitrogens with zero attached hydrogens (tertiary/aromatic N) is 2. The number of ether oxygens (including phenoxy) is 2. The molecule has 0 atom stereocenters. The molecule has 0 saturated carbocycles. The van der Waals surface area contributed by atoms with Gasteiger partial charge in [-0.2, -0.15) is 0 Å². The van der Waals surface area contributed by atoms with Gasteiger partial charge in [0.1, 0.15) is 0 Å². The van der Waals surface area contributed by atoms with Gasteiger partial charge in [-0.05, 0) is 192 Å². The first-order valence-corrected chi connectivity index (χ1v) is 20.8. The van der Waals surface area contributed by atoms with Crippen molar-refractivity contribution >= 4 is 55.7 Å². The van der Waals surface area contributed by atoms with Crippen LogP contribution >= 0.6 is 0 Å². The highest BCUT2D eigenvalue weighted by Gasteiger charge is 2.29. The van der Waals surface area contributed by atoms with Crippen LogP contribution in [-0.4, -0.2) is 0 Å². The number of para-hydroxylation sites is 8. The Kier molecular flexibility index (Phi) is 8.15. The van der Waals surface area contributed by atoms with Crippen LogP contribution in [0.5, 0.6) is 23.0 Å². The van der Waals surface area contributed by atoms with E-state index in [0.717, 1.165) is 57.1 Å². The number of hydrogen-bond acceptors (Lipinski definition) is 4. The predicted molar refractivity (Wildman–Crippen MR) is 250 cm³/mol. The van der Waals surface area contributed by atoms with Crippen molar-refractivity contribution in [2.24, 2.45) is 0 Å². The molecule has 0 aliphatic carbocycles. The summed E-state index contributed by atoms with van der Waals surface area (Å²) in [6.45, 7) is 13.4. The van der Waals surface area contributed by atoms with Gasteiger partial charge in [-0.25, -0.2) is 0 Å². The fourth-order valence-corrected chi connectivity index (χ4v) is 9.43. The van der Waals surface area contributed by atoms with Crippen molar-refractivity contribution in [2.45, 2.75) is 41.5 Å². The van der Waals surface area contributed by atoms with Crippen molar-refractivity contribution in [1.82, 2.24) is 0 Å². The molecule has 0 N–H and O–H groups in total. The molecular formula is C56H44N2O2. The highest BCUT2D eigenvalue weighted by atomic mass is 16.5. The molecule has 0 fully saturated rings. The Morgan fingerprint density at radius 2 is 0.617 bits per heavy atom. The Labute approximate surface area is 351 Å². The van der Waals surface area contributed by atoms with Gasteiger partial charge in [0.25, 0.3) is 0 Å². The zero-order chi connectivity index (χ0) is 40.8. The molecule has 60 heavy (non-hydrogen) atoms. The molecule has 290 valence electrons. The van der Waals surface area contributed by atoms with Crippen LogP contribution in [0.4, 0.5) is 34.1 Å². The van der Waals surface area contributed by atoms with Gasteiger partial charge < -0.3 is 19.3 Å². The molecule has 2 aliphatic heterocycles. The third-order valence-corrected chi connectivity index (χ3v) is 12.9. The Morgan fingerprint density at radius 1 is 0.317 bits per heavy atom. The van der Waals surface area contributed by atoms with Gasteiger partial charge in [0, 0.05) is 11.4 Å². The first-order chi connectivity index (χ1) is 29.2. The predicted octanol–water partition coefficient (Wildman–Crippen LogP) is 16.3. The Hall–Kier alpha value is -7.30. The number of aryl methyl sites for hydroxylation is 4. The molecule has 4 heteroatoms. The van der Waals surface area contributed by atoms with Crippen molar-refractivity contribution < 1.29 is 9.47 Å². The third kappa shape index (κ3) is 5.51. The zero-order valence-corrected chi connectivity index (χ0v) is 34.7. The summed E-state index contributed by atoms with van der Waals surface area (Å²) in [5.74, 6) is 3.35. The first-order valence-electron chi connectivity index (χ1n) is 20.8. The third-order valence-electron chi connectivity index (χ3n) is 12.9. The van der Waals surface area contributed by atoms with Gasteiger partial charge in [0.2, 0.25) is 0 Å². The van der Waals surface area contributed by atoms with Gasteiger partial charge in [-0.3, -0.25) is 0 Å². The fraction of sp³-hybridized carbons (Fsp3) is 0.107. The molecule has 0 aromatic heterocycles. The minimum absolute atomic E-state index is 0.838. The lowest BCUT2D eigenvalue weighted by atomic mass is 9.83. The van der Waals surface area contributed by atoms with E-state index in [9.17, 15) is 0 Å². The SMILES string of the molecule is Cc1cc(-c2c3ccc(N4c5ccccc5Oc5ccccc54)cc3c(-c3cc(C)c(C)c(C)c3)c3ccc(N4c5ccccc5Oc5ccccc54)cc23)cc(C)c1C. The molecule has 11 rings (SSSR count). The van der Waals surface area contributed by atoms with Gasteiger partial charge in [0.05, 0.1) is 22.7 Å². The second-order valence-corrected chi connectivity index (χ2v) is 16.4. The van der Waals surface area contributed by atoms with Crippen LogP contribution in [0.25, 0.3) is 43.8 Å². The molecule has 0 amide bonds. The molecule has 9 aromatic carbocycles. The summed E-state index contributed by atoms with van der Waals surface area (Å²) in [6.07, 6.45) is 0. The second-order valence-electron chi connectivity index (χ2n) is 16.4. The van der Waals surface area contributed by atoms with Crippen molar-refractivity contribution in [3.8, 4) is 45.3 Å². The second kappa shape index (κ2) is 13.6. The largest absolute Gasteiger partial charge is 0.453 e. The first kappa shape index (κ1) is 35.8. The monoisotopic (exact) mass is 776 g/mol. The maximum Gasteiger partial charge on any atom is 0.151 e. The summed E-state index contributed by atoms with van der Waals surface area (Å²) in [4.78, 5) is 4.70. The van der Waals surface area contributed by atoms with Gasteiger partial charge in [-0.15, -0.1) is 0 Å². The summed E-state index contributed by atoms with van der Waals surface area (Å²) in [7, 11) is 0. The Bertz CT molecular complexity index is 2900. The molecule has 0 unspecified atom stereocenters. The molecule has 9 aromatic rings. The average Bonchev–Trinajstić information content (AvgIpc) is 3.26. The summed E-state index contributed by atoms with van der Waals surface area (Å²) in [5, 5.41) is 4.80. The van der Waals surface area contributed by atoms with Crippen LogP contribution in [0.2, 0.25) is 0 Å². The number of anilines is 6. The molecule has 0 bridgehead atoms. The van der Waals surface area contributed by atoms with Crippen LogP contribution in [0, 0.1) is 41.5 Å². The summed E-state index contributed by atoms with van der Waals surface area (Å²) >= 11 is 0. The lowest BCUT2D eigenvalue weighted by Crippen LogP contribution is -2.16. The van der Waals surface area contributed by atoms with Crippen molar-refractivity contribution in [3.05, 3.63) is 191 Å². The molecule has 2 aliphatic rings. The van der Waals surface area contributed by atoms with Gasteiger partial charge in [-0.1, -0.05) is 84.9 Å². The average molecular weight is 777 g/mol. The standard InChI is InChI=1S/C56H44N2O2/c1-33-27-39(28-34(2)37(33)5)55-43-25-23-42(58-49-17-9-13-21-53(49)60-54-22-14-10-18-50(54)58)32-46(43)56(40-29-35(3)38(6)36(4)30-40)44-26-24-41(31-45(44)55)57-47-15-7-11-19-51(47)59-52-20-12-8-16-48(52)57/h7-32H,1-6H3. The highest BCUT2D eigenvalue weighted by Crippen LogP contribution is 2.54. The van der Waals surface area contributed by atoms with E-state index in [1.807, 2.05) is 24.3 Å². The van der Waals surface area contributed by atoms with Crippen LogP contribution < -0.4 is 19.3 Å². The van der Waals surface area contributed by atoms with Crippen molar-refractivity contribution in [1.29, 1.82) is 0 Å². The van der Waals surface area contributed by atoms with Crippen molar-refractivity contribution in [2.75, 3.05) is 9.80 Å². The van der Waals surface area contributed by atoms with E-state index in [1.165, 1.54) is 77.2 Å². The number of benzene rings is 9. The van der Waals surface area contributed by atoms with Crippen LogP contribution in [-0.2, 0) is 0 Å². The number of hydrogen-bond donors (Lipinski definition) is 0. The lowest BCUT2D eigenvalue weighted by molar-refractivity contribution is 0.477. The van der Waals surface area contributed by atoms with E-state index < -0.39 is 0 Å². The minimum atomic E-state index is 0.838. The summed E-state index contributed by atoms with van der Waals surface area (Å²) in [6, 6.07) is 57.0. The molecule has 4 nitrogen and oxygen atoms in total. The Morgan fingerprint density at radius 3 is 0.933 bits per heavy atom. The van der Waals surface area contributed by atoms with Gasteiger partial charge >= 0.3 is 0 Å². The topological polar surface area (TPSA) is 24.9 Å². The van der Waals surface area contributed by atoms with Crippen LogP contribution in [0.3, 0.4) is 0 Å². The zero-order valence-electron chi connectivity index (χ0n) is 34.7. The Balaban J connectivity index is 1.27. The maximum atomic E-state index is 6.47. The van der Waals surface area contributed by atoms with Crippen molar-refractivity contribution in [3.63, 3.8) is 0 Å². The minimum Gasteiger partial charge on any atom is -0.453 e. The molecule has 2 heterocycles. The number of fused-ring (bicyclic) bond motifs is 6. The van der Waals surface area contributed by atoms with E-state index >= 15 is 0 Å². The van der Waals surface area contributed by atoms with E-state index in [2.05, 4.69) is 185 Å². The lowest BCUT2D eigenvalue weighted by Gasteiger charge is -2.33. The van der Waals surface area contributed by atoms with E-state index in [1.54, 1.807) is 0 Å². The van der Waals surface area contributed by atoms with E-state index in [-0.39, 0.29) is 0 Å². The van der Waals surface area contributed by atoms with E-state index in [0.29, 0.717) is 0 Å². The molecule has 0 radical (unpaired) electrons. The fourth-order valence-electron chi connectivity index (χ4n) is 9.43. The van der Waals surface area contributed by atoms with Crippen LogP contribution in [0.15, 0.2) is 158 Å². The smallest absolute Gasteiger partial charge is 0.151 e. The number of rotatable bonds is 4. The van der Waals surface area contributed by atoms with Crippen LogP contribution in [0.1, 0.15) is 33.4 Å². The normalized spacial score (nSPS) is 12.7. The van der Waals surface area contributed by atoms with E-state index in [4.69, 9.17) is 9.47 Å². The molecular weight excluding hydrogens is 733 g/mol. The highest BCUT2D eigenvalue weighted by molar-refractivity contribution is 6.23. The molecule has 0 saturated heterocycles.